The lowest BCUT2D eigenvalue weighted by molar-refractivity contribution is 0.338. The number of aryl methyl sites for hydroxylation is 1. The third-order valence-electron chi connectivity index (χ3n) is 2.05. The van der Waals surface area contributed by atoms with E-state index in [4.69, 9.17) is 10.00 Å². The van der Waals surface area contributed by atoms with Crippen molar-refractivity contribution in [2.45, 2.75) is 26.8 Å². The molecule has 15 heavy (non-hydrogen) atoms. The molecule has 0 amide bonds. The second kappa shape index (κ2) is 5.26. The van der Waals surface area contributed by atoms with Crippen molar-refractivity contribution in [3.63, 3.8) is 0 Å². The molecule has 0 saturated carbocycles. The highest BCUT2D eigenvalue weighted by molar-refractivity contribution is 5.51. The molecule has 0 heterocycles. The molecule has 0 aliphatic carbocycles. The van der Waals surface area contributed by atoms with Gasteiger partial charge in [0.25, 0.3) is 0 Å². The van der Waals surface area contributed by atoms with Gasteiger partial charge in [0, 0.05) is 5.69 Å². The second-order valence-electron chi connectivity index (χ2n) is 3.41. The highest BCUT2D eigenvalue weighted by atomic mass is 16.5. The van der Waals surface area contributed by atoms with E-state index in [1.54, 1.807) is 0 Å². The van der Waals surface area contributed by atoms with Crippen LogP contribution in [0.2, 0.25) is 0 Å². The molecule has 3 heteroatoms. The molecule has 80 valence electrons. The van der Waals surface area contributed by atoms with Gasteiger partial charge in [0.05, 0.1) is 12.7 Å². The van der Waals surface area contributed by atoms with Crippen LogP contribution in [-0.4, -0.2) is 12.6 Å². The average Bonchev–Trinajstić information content (AvgIpc) is 2.22. The van der Waals surface area contributed by atoms with Gasteiger partial charge in [-0.15, -0.1) is 0 Å². The number of nitriles is 1. The van der Waals surface area contributed by atoms with Gasteiger partial charge in [-0.05, 0) is 44.5 Å². The summed E-state index contributed by atoms with van der Waals surface area (Å²) in [6, 6.07) is 7.78. The fourth-order valence-corrected chi connectivity index (χ4v) is 1.34. The molecule has 0 aromatic heterocycles. The fourth-order valence-electron chi connectivity index (χ4n) is 1.34. The molecule has 0 aliphatic heterocycles. The van der Waals surface area contributed by atoms with Gasteiger partial charge in [0.1, 0.15) is 11.8 Å². The number of benzene rings is 1. The van der Waals surface area contributed by atoms with Crippen molar-refractivity contribution in [1.82, 2.24) is 0 Å². The predicted octanol–water partition coefficient (Wildman–Crippen LogP) is 2.72. The minimum atomic E-state index is -0.178. The van der Waals surface area contributed by atoms with E-state index in [-0.39, 0.29) is 6.04 Å². The molecule has 0 radical (unpaired) electrons. The molecule has 0 aliphatic rings. The molecule has 1 atom stereocenters. The van der Waals surface area contributed by atoms with Gasteiger partial charge >= 0.3 is 0 Å². The molecule has 1 aromatic rings. The Morgan fingerprint density at radius 2 is 2.27 bits per heavy atom. The van der Waals surface area contributed by atoms with E-state index in [2.05, 4.69) is 11.4 Å². The second-order valence-corrected chi connectivity index (χ2v) is 3.41. The first-order valence-electron chi connectivity index (χ1n) is 5.07. The van der Waals surface area contributed by atoms with Crippen LogP contribution in [0.25, 0.3) is 0 Å². The lowest BCUT2D eigenvalue weighted by Crippen LogP contribution is -2.12. The lowest BCUT2D eigenvalue weighted by atomic mass is 10.2. The summed E-state index contributed by atoms with van der Waals surface area (Å²) in [5.41, 5.74) is 2.02. The highest BCUT2D eigenvalue weighted by Gasteiger charge is 2.02. The van der Waals surface area contributed by atoms with Crippen LogP contribution >= 0.6 is 0 Å². The molecule has 1 N–H and O–H groups in total. The van der Waals surface area contributed by atoms with Gasteiger partial charge in [-0.1, -0.05) is 0 Å². The normalized spacial score (nSPS) is 11.6. The van der Waals surface area contributed by atoms with Crippen molar-refractivity contribution in [2.75, 3.05) is 11.9 Å². The Morgan fingerprint density at radius 3 is 2.80 bits per heavy atom. The van der Waals surface area contributed by atoms with Crippen molar-refractivity contribution in [3.05, 3.63) is 23.8 Å². The minimum absolute atomic E-state index is 0.178. The maximum Gasteiger partial charge on any atom is 0.122 e. The molecule has 0 bridgehead atoms. The molecule has 0 saturated heterocycles. The summed E-state index contributed by atoms with van der Waals surface area (Å²) in [6.45, 7) is 6.45. The summed E-state index contributed by atoms with van der Waals surface area (Å²) >= 11 is 0. The van der Waals surface area contributed by atoms with Crippen molar-refractivity contribution in [1.29, 1.82) is 5.26 Å². The van der Waals surface area contributed by atoms with E-state index in [0.29, 0.717) is 6.61 Å². The van der Waals surface area contributed by atoms with E-state index in [9.17, 15) is 0 Å². The summed E-state index contributed by atoms with van der Waals surface area (Å²) in [4.78, 5) is 0. The number of nitrogens with one attached hydrogen (secondary N) is 1. The quantitative estimate of drug-likeness (QED) is 0.820. The number of rotatable bonds is 4. The first-order valence-corrected chi connectivity index (χ1v) is 5.07. The molecule has 1 unspecified atom stereocenters. The van der Waals surface area contributed by atoms with E-state index in [1.807, 2.05) is 39.0 Å². The first-order chi connectivity index (χ1) is 7.17. The van der Waals surface area contributed by atoms with Crippen LogP contribution < -0.4 is 10.1 Å². The van der Waals surface area contributed by atoms with Crippen LogP contribution in [0, 0.1) is 18.3 Å². The Bertz CT molecular complexity index is 368. The van der Waals surface area contributed by atoms with E-state index in [1.165, 1.54) is 0 Å². The summed E-state index contributed by atoms with van der Waals surface area (Å²) < 4.78 is 5.43. The number of hydrogen-bond acceptors (Lipinski definition) is 3. The van der Waals surface area contributed by atoms with E-state index >= 15 is 0 Å². The number of ether oxygens (including phenoxy) is 1. The zero-order valence-electron chi connectivity index (χ0n) is 9.37. The van der Waals surface area contributed by atoms with Crippen LogP contribution in [-0.2, 0) is 0 Å². The van der Waals surface area contributed by atoms with Crippen LogP contribution in [0.15, 0.2) is 18.2 Å². The Morgan fingerprint density at radius 1 is 1.53 bits per heavy atom. The zero-order chi connectivity index (χ0) is 11.3. The molecular weight excluding hydrogens is 188 g/mol. The summed E-state index contributed by atoms with van der Waals surface area (Å²) in [5.74, 6) is 0.896. The van der Waals surface area contributed by atoms with Crippen LogP contribution in [0.3, 0.4) is 0 Å². The molecule has 0 spiro atoms. The third kappa shape index (κ3) is 3.17. The molecule has 3 nitrogen and oxygen atoms in total. The molecule has 1 aromatic carbocycles. The van der Waals surface area contributed by atoms with Crippen molar-refractivity contribution >= 4 is 5.69 Å². The van der Waals surface area contributed by atoms with Gasteiger partial charge in [0.15, 0.2) is 0 Å². The number of anilines is 1. The zero-order valence-corrected chi connectivity index (χ0v) is 9.37. The largest absolute Gasteiger partial charge is 0.494 e. The first kappa shape index (κ1) is 11.4. The Kier molecular flexibility index (Phi) is 3.99. The SMILES string of the molecule is CCOc1ccc(NC(C)C#N)cc1C. The van der Waals surface area contributed by atoms with Crippen molar-refractivity contribution < 1.29 is 4.74 Å². The summed E-state index contributed by atoms with van der Waals surface area (Å²) in [7, 11) is 0. The Balaban J connectivity index is 2.78. The van der Waals surface area contributed by atoms with Gasteiger partial charge in [-0.3, -0.25) is 0 Å². The van der Waals surface area contributed by atoms with Crippen molar-refractivity contribution in [3.8, 4) is 11.8 Å². The Hall–Kier alpha value is -1.69. The average molecular weight is 204 g/mol. The van der Waals surface area contributed by atoms with Crippen molar-refractivity contribution in [2.24, 2.45) is 0 Å². The van der Waals surface area contributed by atoms with Crippen LogP contribution in [0.4, 0.5) is 5.69 Å². The predicted molar refractivity (Wildman–Crippen MR) is 61.0 cm³/mol. The maximum atomic E-state index is 8.67. The van der Waals surface area contributed by atoms with Gasteiger partial charge < -0.3 is 10.1 Å². The summed E-state index contributed by atoms with van der Waals surface area (Å²) in [5, 5.41) is 11.8. The monoisotopic (exact) mass is 204 g/mol. The summed E-state index contributed by atoms with van der Waals surface area (Å²) in [6.07, 6.45) is 0. The Labute approximate surface area is 90.7 Å². The van der Waals surface area contributed by atoms with Gasteiger partial charge in [-0.25, -0.2) is 0 Å². The highest BCUT2D eigenvalue weighted by Crippen LogP contribution is 2.22. The molecular formula is C12H16N2O. The van der Waals surface area contributed by atoms with E-state index < -0.39 is 0 Å². The van der Waals surface area contributed by atoms with Crippen LogP contribution in [0.5, 0.6) is 5.75 Å². The minimum Gasteiger partial charge on any atom is -0.494 e. The van der Waals surface area contributed by atoms with Gasteiger partial charge in [-0.2, -0.15) is 5.26 Å². The molecule has 0 fully saturated rings. The van der Waals surface area contributed by atoms with E-state index in [0.717, 1.165) is 17.0 Å². The maximum absolute atomic E-state index is 8.67. The fraction of sp³-hybridized carbons (Fsp3) is 0.417. The third-order valence-corrected chi connectivity index (χ3v) is 2.05. The van der Waals surface area contributed by atoms with Crippen LogP contribution in [0.1, 0.15) is 19.4 Å². The molecule has 1 rings (SSSR count). The number of nitrogens with zero attached hydrogens (tertiary/aromatic N) is 1. The topological polar surface area (TPSA) is 45.0 Å². The van der Waals surface area contributed by atoms with Gasteiger partial charge in [0.2, 0.25) is 0 Å². The smallest absolute Gasteiger partial charge is 0.122 e. The number of hydrogen-bond donors (Lipinski definition) is 1. The standard InChI is InChI=1S/C12H16N2O/c1-4-15-12-6-5-11(7-9(12)2)14-10(3)8-13/h5-7,10,14H,4H2,1-3H3. The lowest BCUT2D eigenvalue weighted by Gasteiger charge is -2.11.